The number of pyridine rings is 1. The fourth-order valence-electron chi connectivity index (χ4n) is 2.52. The van der Waals surface area contributed by atoms with Gasteiger partial charge in [0.05, 0.1) is 7.11 Å². The molecule has 0 aliphatic heterocycles. The van der Waals surface area contributed by atoms with Crippen molar-refractivity contribution in [1.29, 1.82) is 0 Å². The number of esters is 1. The Morgan fingerprint density at radius 2 is 1.85 bits per heavy atom. The van der Waals surface area contributed by atoms with Gasteiger partial charge in [0, 0.05) is 24.5 Å². The molecule has 0 atom stereocenters. The van der Waals surface area contributed by atoms with Gasteiger partial charge in [0.2, 0.25) is 0 Å². The van der Waals surface area contributed by atoms with Gasteiger partial charge in [-0.15, -0.1) is 0 Å². The van der Waals surface area contributed by atoms with Crippen LogP contribution in [0.1, 0.15) is 36.7 Å². The monoisotopic (exact) mass is 390 g/mol. The molecule has 0 N–H and O–H groups in total. The van der Waals surface area contributed by atoms with E-state index in [1.54, 1.807) is 19.2 Å². The number of benzene rings is 1. The summed E-state index contributed by atoms with van der Waals surface area (Å²) in [5, 5.41) is 0.0582. The highest BCUT2D eigenvalue weighted by Gasteiger charge is 2.23. The molecule has 1 aromatic carbocycles. The van der Waals surface area contributed by atoms with Crippen LogP contribution in [0.15, 0.2) is 30.5 Å². The average molecular weight is 391 g/mol. The number of methoxy groups -OCH3 is 1. The lowest BCUT2D eigenvalue weighted by Gasteiger charge is -2.25. The molecule has 0 bridgehead atoms. The van der Waals surface area contributed by atoms with Crippen LogP contribution >= 0.6 is 11.6 Å². The first-order valence-electron chi connectivity index (χ1n) is 8.35. The molecular weight excluding hydrogens is 368 g/mol. The zero-order valence-corrected chi connectivity index (χ0v) is 17.0. The number of aromatic nitrogens is 1. The van der Waals surface area contributed by atoms with E-state index in [0.717, 1.165) is 5.56 Å². The fraction of sp³-hybridized carbons (Fsp3) is 0.350. The fourth-order valence-corrected chi connectivity index (χ4v) is 2.76. The molecule has 6 nitrogen and oxygen atoms in total. The van der Waals surface area contributed by atoms with E-state index in [4.69, 9.17) is 21.1 Å². The van der Waals surface area contributed by atoms with Crippen LogP contribution < -0.4 is 4.90 Å². The maximum absolute atomic E-state index is 12.4. The Labute approximate surface area is 164 Å². The molecule has 0 fully saturated rings. The summed E-state index contributed by atoms with van der Waals surface area (Å²) in [7, 11) is 2.92. The number of hydrogen-bond acceptors (Lipinski definition) is 5. The van der Waals surface area contributed by atoms with E-state index < -0.39 is 17.7 Å². The van der Waals surface area contributed by atoms with Gasteiger partial charge in [-0.1, -0.05) is 17.7 Å². The second-order valence-electron chi connectivity index (χ2n) is 7.11. The molecule has 0 unspecified atom stereocenters. The van der Waals surface area contributed by atoms with E-state index in [1.807, 2.05) is 39.8 Å². The molecule has 2 rings (SSSR count). The van der Waals surface area contributed by atoms with Gasteiger partial charge in [-0.05, 0) is 57.0 Å². The van der Waals surface area contributed by atoms with Crippen molar-refractivity contribution in [3.8, 4) is 11.1 Å². The number of carbonyl (C=O) groups is 2. The molecule has 0 saturated carbocycles. The molecule has 0 spiro atoms. The predicted molar refractivity (Wildman–Crippen MR) is 105 cm³/mol. The van der Waals surface area contributed by atoms with Crippen LogP contribution in [-0.4, -0.2) is 36.8 Å². The van der Waals surface area contributed by atoms with Crippen LogP contribution in [0.5, 0.6) is 0 Å². The van der Waals surface area contributed by atoms with Crippen molar-refractivity contribution in [1.82, 2.24) is 4.98 Å². The molecule has 2 aromatic rings. The van der Waals surface area contributed by atoms with E-state index in [9.17, 15) is 9.59 Å². The smallest absolute Gasteiger partial charge is 0.414 e. The van der Waals surface area contributed by atoms with Crippen molar-refractivity contribution in [2.24, 2.45) is 0 Å². The third-order valence-corrected chi connectivity index (χ3v) is 4.01. The third kappa shape index (κ3) is 4.98. The minimum absolute atomic E-state index is 0.0582. The summed E-state index contributed by atoms with van der Waals surface area (Å²) in [5.41, 5.74) is 2.39. The summed E-state index contributed by atoms with van der Waals surface area (Å²) in [5.74, 6) is -0.577. The van der Waals surface area contributed by atoms with Crippen LogP contribution in [0.2, 0.25) is 5.15 Å². The van der Waals surface area contributed by atoms with Crippen molar-refractivity contribution in [3.63, 3.8) is 0 Å². The van der Waals surface area contributed by atoms with Crippen molar-refractivity contribution in [2.45, 2.75) is 33.3 Å². The Balaban J connectivity index is 2.52. The van der Waals surface area contributed by atoms with Gasteiger partial charge in [-0.25, -0.2) is 14.6 Å². The Morgan fingerprint density at radius 3 is 2.44 bits per heavy atom. The third-order valence-electron chi connectivity index (χ3n) is 3.72. The predicted octanol–water partition coefficient (Wildman–Crippen LogP) is 4.87. The molecule has 1 aromatic heterocycles. The molecular formula is C20H23ClN2O4. The van der Waals surface area contributed by atoms with Crippen LogP contribution in [0.3, 0.4) is 0 Å². The summed E-state index contributed by atoms with van der Waals surface area (Å²) in [6.07, 6.45) is 1.05. The minimum Gasteiger partial charge on any atom is -0.465 e. The van der Waals surface area contributed by atoms with Crippen molar-refractivity contribution < 1.29 is 19.1 Å². The number of amides is 1. The molecule has 0 saturated heterocycles. The summed E-state index contributed by atoms with van der Waals surface area (Å²) >= 11 is 6.12. The number of aryl methyl sites for hydroxylation is 1. The van der Waals surface area contributed by atoms with E-state index in [-0.39, 0.29) is 10.7 Å². The van der Waals surface area contributed by atoms with Crippen LogP contribution in [-0.2, 0) is 9.47 Å². The Kier molecular flexibility index (Phi) is 6.11. The van der Waals surface area contributed by atoms with Crippen molar-refractivity contribution in [3.05, 3.63) is 46.7 Å². The van der Waals surface area contributed by atoms with Gasteiger partial charge < -0.3 is 9.47 Å². The highest BCUT2D eigenvalue weighted by atomic mass is 35.5. The summed E-state index contributed by atoms with van der Waals surface area (Å²) in [4.78, 5) is 29.9. The van der Waals surface area contributed by atoms with Gasteiger partial charge in [0.15, 0.2) is 0 Å². The summed E-state index contributed by atoms with van der Waals surface area (Å²) in [6.45, 7) is 7.32. The zero-order valence-electron chi connectivity index (χ0n) is 16.3. The van der Waals surface area contributed by atoms with Crippen molar-refractivity contribution >= 4 is 29.4 Å². The second-order valence-corrected chi connectivity index (χ2v) is 7.47. The van der Waals surface area contributed by atoms with Gasteiger partial charge in [0.25, 0.3) is 0 Å². The van der Waals surface area contributed by atoms with Crippen molar-refractivity contribution in [2.75, 3.05) is 19.1 Å². The molecule has 1 heterocycles. The number of carbonyl (C=O) groups excluding carboxylic acids is 2. The minimum atomic E-state index is -0.603. The molecule has 27 heavy (non-hydrogen) atoms. The number of anilines is 1. The average Bonchev–Trinajstić information content (AvgIpc) is 2.58. The number of rotatable bonds is 3. The van der Waals surface area contributed by atoms with Gasteiger partial charge >= 0.3 is 12.1 Å². The Bertz CT molecular complexity index is 875. The van der Waals surface area contributed by atoms with E-state index in [2.05, 4.69) is 4.98 Å². The lowest BCUT2D eigenvalue weighted by Crippen LogP contribution is -2.34. The maximum Gasteiger partial charge on any atom is 0.414 e. The van der Waals surface area contributed by atoms with Gasteiger partial charge in [-0.2, -0.15) is 0 Å². The highest BCUT2D eigenvalue weighted by Crippen LogP contribution is 2.32. The van der Waals surface area contributed by atoms with Gasteiger partial charge in [-0.3, -0.25) is 4.90 Å². The first-order chi connectivity index (χ1) is 12.5. The Hall–Kier alpha value is -2.60. The van der Waals surface area contributed by atoms with Crippen LogP contribution in [0.4, 0.5) is 10.5 Å². The summed E-state index contributed by atoms with van der Waals surface area (Å²) < 4.78 is 10.3. The lowest BCUT2D eigenvalue weighted by atomic mass is 9.99. The molecule has 0 aliphatic carbocycles. The molecule has 144 valence electrons. The number of hydrogen-bond donors (Lipinski definition) is 0. The second kappa shape index (κ2) is 7.96. The highest BCUT2D eigenvalue weighted by molar-refractivity contribution is 6.33. The van der Waals surface area contributed by atoms with Crippen LogP contribution in [0, 0.1) is 6.92 Å². The van der Waals surface area contributed by atoms with Gasteiger partial charge in [0.1, 0.15) is 16.3 Å². The summed E-state index contributed by atoms with van der Waals surface area (Å²) in [6, 6.07) is 7.22. The standard InChI is InChI=1S/C20H23ClN2O4/c1-12-9-13(15-7-8-22-17(21)16(15)18(24)26-6)11-14(10-12)23(5)19(25)27-20(2,3)4/h7-11H,1-6H3. The molecule has 1 amide bonds. The first-order valence-corrected chi connectivity index (χ1v) is 8.73. The largest absolute Gasteiger partial charge is 0.465 e. The quantitative estimate of drug-likeness (QED) is 0.552. The number of halogens is 1. The number of ether oxygens (including phenoxy) is 2. The normalized spacial score (nSPS) is 11.1. The molecule has 0 radical (unpaired) electrons. The van der Waals surface area contributed by atoms with E-state index >= 15 is 0 Å². The van der Waals surface area contributed by atoms with Crippen LogP contribution in [0.25, 0.3) is 11.1 Å². The Morgan fingerprint density at radius 1 is 1.19 bits per heavy atom. The molecule has 0 aliphatic rings. The number of nitrogens with zero attached hydrogens (tertiary/aromatic N) is 2. The topological polar surface area (TPSA) is 68.7 Å². The molecule has 7 heteroatoms. The lowest BCUT2D eigenvalue weighted by molar-refractivity contribution is 0.0583. The SMILES string of the molecule is COC(=O)c1c(-c2cc(C)cc(N(C)C(=O)OC(C)(C)C)c2)ccnc1Cl. The van der Waals surface area contributed by atoms with E-state index in [0.29, 0.717) is 16.8 Å². The maximum atomic E-state index is 12.4. The first kappa shape index (κ1) is 20.7. The zero-order chi connectivity index (χ0) is 20.4. The van der Waals surface area contributed by atoms with E-state index in [1.165, 1.54) is 18.2 Å².